The van der Waals surface area contributed by atoms with Crippen LogP contribution in [0.1, 0.15) is 53.0 Å². The van der Waals surface area contributed by atoms with E-state index in [0.29, 0.717) is 26.1 Å². The second-order valence-electron chi connectivity index (χ2n) is 8.62. The van der Waals surface area contributed by atoms with Crippen molar-refractivity contribution in [1.82, 2.24) is 0 Å². The van der Waals surface area contributed by atoms with Crippen LogP contribution in [0.4, 0.5) is 0 Å². The molecule has 5 nitrogen and oxygen atoms in total. The lowest BCUT2D eigenvalue weighted by Crippen LogP contribution is -2.47. The van der Waals surface area contributed by atoms with Gasteiger partial charge in [0.1, 0.15) is 5.75 Å². The van der Waals surface area contributed by atoms with Crippen molar-refractivity contribution in [3.8, 4) is 5.75 Å². The fourth-order valence-corrected chi connectivity index (χ4v) is 3.91. The van der Waals surface area contributed by atoms with Crippen LogP contribution < -0.4 is 4.74 Å². The molecule has 0 aliphatic heterocycles. The van der Waals surface area contributed by atoms with Gasteiger partial charge in [0.2, 0.25) is 0 Å². The molecule has 0 amide bonds. The van der Waals surface area contributed by atoms with Crippen LogP contribution in [0.25, 0.3) is 0 Å². The van der Waals surface area contributed by atoms with Crippen LogP contribution in [-0.4, -0.2) is 40.2 Å². The summed E-state index contributed by atoms with van der Waals surface area (Å²) in [5, 5.41) is 0.0882. The van der Waals surface area contributed by atoms with Crippen molar-refractivity contribution < 1.29 is 23.4 Å². The summed E-state index contributed by atoms with van der Waals surface area (Å²) in [7, 11) is -0.338. The van der Waals surface area contributed by atoms with Crippen LogP contribution in [-0.2, 0) is 25.3 Å². The fraction of sp³-hybridized carbons (Fsp3) is 0.682. The summed E-state index contributed by atoms with van der Waals surface area (Å²) in [6.07, 6.45) is 0.646. The highest BCUT2D eigenvalue weighted by molar-refractivity contribution is 6.74. The minimum atomic E-state index is -1.99. The van der Waals surface area contributed by atoms with E-state index in [1.54, 1.807) is 7.11 Å². The third kappa shape index (κ3) is 7.93. The van der Waals surface area contributed by atoms with Crippen LogP contribution in [0.2, 0.25) is 18.1 Å². The molecule has 0 spiro atoms. The molecule has 0 saturated heterocycles. The zero-order valence-corrected chi connectivity index (χ0v) is 19.8. The topological polar surface area (TPSA) is 54.0 Å². The van der Waals surface area contributed by atoms with Gasteiger partial charge in [-0.1, -0.05) is 32.9 Å². The molecule has 0 aliphatic carbocycles. The number of esters is 1. The molecular weight excluding hydrogens is 372 g/mol. The van der Waals surface area contributed by atoms with Gasteiger partial charge >= 0.3 is 5.97 Å². The monoisotopic (exact) mass is 410 g/mol. The number of hydrogen-bond donors (Lipinski definition) is 0. The molecule has 6 heteroatoms. The molecule has 0 saturated carbocycles. The van der Waals surface area contributed by atoms with Crippen molar-refractivity contribution in [3.05, 3.63) is 29.8 Å². The standard InChI is InChI=1S/C22H38O5Si/c1-9-25-21(23)15-14-20(27-28(7,8)22(3,4)5)17(2)26-16-18-10-12-19(24-6)13-11-18/h10-13,17,20H,9,14-16H2,1-8H3/t17-,20+/m0/s1. The van der Waals surface area contributed by atoms with Crippen LogP contribution in [0, 0.1) is 0 Å². The molecule has 0 heterocycles. The second kappa shape index (κ2) is 11.0. The number of benzene rings is 1. The zero-order valence-electron chi connectivity index (χ0n) is 18.8. The Balaban J connectivity index is 2.78. The Morgan fingerprint density at radius 1 is 1.14 bits per heavy atom. The quantitative estimate of drug-likeness (QED) is 0.364. The van der Waals surface area contributed by atoms with Crippen molar-refractivity contribution in [3.63, 3.8) is 0 Å². The Morgan fingerprint density at radius 2 is 1.75 bits per heavy atom. The van der Waals surface area contributed by atoms with Crippen LogP contribution in [0.15, 0.2) is 24.3 Å². The molecule has 160 valence electrons. The molecule has 0 aromatic heterocycles. The number of methoxy groups -OCH3 is 1. The maximum atomic E-state index is 11.9. The first-order chi connectivity index (χ1) is 13.0. The average molecular weight is 411 g/mol. The van der Waals surface area contributed by atoms with E-state index in [9.17, 15) is 4.79 Å². The number of hydrogen-bond acceptors (Lipinski definition) is 5. The van der Waals surface area contributed by atoms with Crippen molar-refractivity contribution in [1.29, 1.82) is 0 Å². The molecular formula is C22H38O5Si. The number of carbonyl (C=O) groups excluding carboxylic acids is 1. The molecule has 0 bridgehead atoms. The maximum Gasteiger partial charge on any atom is 0.305 e. The van der Waals surface area contributed by atoms with Crippen molar-refractivity contribution >= 4 is 14.3 Å². The average Bonchev–Trinajstić information content (AvgIpc) is 2.62. The third-order valence-corrected chi connectivity index (χ3v) is 9.89. The smallest absolute Gasteiger partial charge is 0.305 e. The largest absolute Gasteiger partial charge is 0.497 e. The molecule has 0 N–H and O–H groups in total. The molecule has 1 rings (SSSR count). The molecule has 2 atom stereocenters. The summed E-state index contributed by atoms with van der Waals surface area (Å²) in [6.45, 7) is 15.8. The molecule has 0 radical (unpaired) electrons. The SMILES string of the molecule is CCOC(=O)CC[C@@H](O[Si](C)(C)C(C)(C)C)[C@H](C)OCc1ccc(OC)cc1. The van der Waals surface area contributed by atoms with Crippen LogP contribution in [0.5, 0.6) is 5.75 Å². The maximum absolute atomic E-state index is 11.9. The van der Waals surface area contributed by atoms with Gasteiger partial charge in [-0.3, -0.25) is 4.79 Å². The Kier molecular flexibility index (Phi) is 9.67. The molecule has 0 fully saturated rings. The van der Waals surface area contributed by atoms with Gasteiger partial charge in [0.15, 0.2) is 8.32 Å². The lowest BCUT2D eigenvalue weighted by atomic mass is 10.1. The molecule has 0 aliphatic rings. The summed E-state index contributed by atoms with van der Waals surface area (Å²) in [5.41, 5.74) is 1.07. The van der Waals surface area contributed by atoms with E-state index in [4.69, 9.17) is 18.6 Å². The first kappa shape index (κ1) is 24.7. The van der Waals surface area contributed by atoms with Gasteiger partial charge < -0.3 is 18.6 Å². The normalized spacial score (nSPS) is 14.4. The molecule has 28 heavy (non-hydrogen) atoms. The van der Waals surface area contributed by atoms with Crippen LogP contribution in [0.3, 0.4) is 0 Å². The van der Waals surface area contributed by atoms with E-state index in [2.05, 4.69) is 33.9 Å². The fourth-order valence-electron chi connectivity index (χ4n) is 2.49. The summed E-state index contributed by atoms with van der Waals surface area (Å²) < 4.78 is 23.0. The third-order valence-electron chi connectivity index (χ3n) is 5.39. The molecule has 0 unspecified atom stereocenters. The highest BCUT2D eigenvalue weighted by atomic mass is 28.4. The lowest BCUT2D eigenvalue weighted by Gasteiger charge is -2.40. The summed E-state index contributed by atoms with van der Waals surface area (Å²) in [6, 6.07) is 7.84. The van der Waals surface area contributed by atoms with Gasteiger partial charge in [-0.2, -0.15) is 0 Å². The minimum absolute atomic E-state index is 0.0882. The Hall–Kier alpha value is -1.37. The van der Waals surface area contributed by atoms with Crippen molar-refractivity contribution in [2.75, 3.05) is 13.7 Å². The first-order valence-corrected chi connectivity index (χ1v) is 13.0. The Morgan fingerprint density at radius 3 is 2.25 bits per heavy atom. The molecule has 1 aromatic carbocycles. The second-order valence-corrected chi connectivity index (χ2v) is 13.4. The van der Waals surface area contributed by atoms with E-state index < -0.39 is 8.32 Å². The Labute approximate surface area is 171 Å². The minimum Gasteiger partial charge on any atom is -0.497 e. The van der Waals surface area contributed by atoms with Gasteiger partial charge in [0.25, 0.3) is 0 Å². The predicted octanol–water partition coefficient (Wildman–Crippen LogP) is 5.33. The van der Waals surface area contributed by atoms with Gasteiger partial charge in [-0.15, -0.1) is 0 Å². The highest BCUT2D eigenvalue weighted by Gasteiger charge is 2.40. The highest BCUT2D eigenvalue weighted by Crippen LogP contribution is 2.38. The van der Waals surface area contributed by atoms with E-state index in [0.717, 1.165) is 11.3 Å². The van der Waals surface area contributed by atoms with E-state index in [1.807, 2.05) is 38.1 Å². The van der Waals surface area contributed by atoms with Crippen molar-refractivity contribution in [2.24, 2.45) is 0 Å². The van der Waals surface area contributed by atoms with Gasteiger partial charge in [0, 0.05) is 6.42 Å². The van der Waals surface area contributed by atoms with Crippen molar-refractivity contribution in [2.45, 2.75) is 84.4 Å². The number of carbonyl (C=O) groups is 1. The van der Waals surface area contributed by atoms with E-state index >= 15 is 0 Å². The zero-order chi connectivity index (χ0) is 21.4. The predicted molar refractivity (Wildman–Crippen MR) is 115 cm³/mol. The molecule has 1 aromatic rings. The number of ether oxygens (including phenoxy) is 3. The summed E-state index contributed by atoms with van der Waals surface area (Å²) in [5.74, 6) is 0.638. The number of rotatable bonds is 11. The van der Waals surface area contributed by atoms with E-state index in [1.165, 1.54) is 0 Å². The first-order valence-electron chi connectivity index (χ1n) is 10.1. The van der Waals surface area contributed by atoms with Gasteiger partial charge in [-0.05, 0) is 56.1 Å². The lowest BCUT2D eigenvalue weighted by molar-refractivity contribution is -0.144. The summed E-state index contributed by atoms with van der Waals surface area (Å²) in [4.78, 5) is 11.9. The van der Waals surface area contributed by atoms with Crippen LogP contribution >= 0.6 is 0 Å². The van der Waals surface area contributed by atoms with Gasteiger partial charge in [0.05, 0.1) is 32.5 Å². The van der Waals surface area contributed by atoms with E-state index in [-0.39, 0.29) is 23.2 Å². The van der Waals surface area contributed by atoms with Gasteiger partial charge in [-0.25, -0.2) is 0 Å². The Bertz CT molecular complexity index is 592. The summed E-state index contributed by atoms with van der Waals surface area (Å²) >= 11 is 0.